The molecule has 1 saturated heterocycles. The minimum atomic E-state index is -0.346. The van der Waals surface area contributed by atoms with E-state index in [0.717, 1.165) is 74.2 Å². The minimum absolute atomic E-state index is 0. The first kappa shape index (κ1) is 24.6. The third kappa shape index (κ3) is 4.19. The van der Waals surface area contributed by atoms with Gasteiger partial charge in [-0.2, -0.15) is 0 Å². The number of hydrogen-bond acceptors (Lipinski definition) is 3. The van der Waals surface area contributed by atoms with Gasteiger partial charge in [-0.1, -0.05) is 67.4 Å². The molecule has 0 saturated carbocycles. The Labute approximate surface area is 212 Å². The third-order valence-electron chi connectivity index (χ3n) is 6.94. The number of hydrogen-bond donors (Lipinski definition) is 2. The zero-order valence-electron chi connectivity index (χ0n) is 19.5. The molecule has 1 heterocycles. The monoisotopic (exact) mass is 495 g/mol. The Morgan fingerprint density at radius 1 is 1.03 bits per heavy atom. The molecule has 4 nitrogen and oxygen atoms in total. The number of halogens is 2. The van der Waals surface area contributed by atoms with Gasteiger partial charge >= 0.3 is 0 Å². The summed E-state index contributed by atoms with van der Waals surface area (Å²) in [5.74, 6) is -0.346. The molecule has 1 aliphatic heterocycles. The summed E-state index contributed by atoms with van der Waals surface area (Å²) in [5, 5.41) is 4.14. The molecule has 0 atom stereocenters. The van der Waals surface area contributed by atoms with Crippen LogP contribution in [0.5, 0.6) is 0 Å². The molecule has 3 N–H and O–H groups in total. The van der Waals surface area contributed by atoms with Crippen LogP contribution in [0.1, 0.15) is 46.8 Å². The number of primary amides is 1. The molecule has 0 unspecified atom stereocenters. The van der Waals surface area contributed by atoms with E-state index >= 15 is 0 Å². The molecular formula is C28H31Cl2N3O. The summed E-state index contributed by atoms with van der Waals surface area (Å²) in [7, 11) is 0. The normalized spacial score (nSPS) is 14.4. The molecule has 1 aliphatic carbocycles. The van der Waals surface area contributed by atoms with E-state index in [1.165, 1.54) is 22.3 Å². The second-order valence-corrected chi connectivity index (χ2v) is 9.36. The number of carbonyl (C=O) groups excluding carboxylic acids is 1. The molecule has 0 bridgehead atoms. The number of amides is 1. The lowest BCUT2D eigenvalue weighted by molar-refractivity contribution is 0.0999. The van der Waals surface area contributed by atoms with Gasteiger partial charge in [-0.3, -0.25) is 4.79 Å². The minimum Gasteiger partial charge on any atom is -0.368 e. The number of unbranched alkanes of at least 4 members (excludes halogenated alkanes) is 1. The number of nitrogens with one attached hydrogen (secondary N) is 1. The third-order valence-corrected chi connectivity index (χ3v) is 7.26. The SMILES string of the molecule is CCCCc1c(C(N)=O)c(N2CCNCC2)c2c(c1-c1ccccc1Cl)-c1ccccc1C2.Cl. The van der Waals surface area contributed by atoms with E-state index < -0.39 is 0 Å². The Morgan fingerprint density at radius 3 is 2.38 bits per heavy atom. The summed E-state index contributed by atoms with van der Waals surface area (Å²) in [6.07, 6.45) is 3.62. The standard InChI is InChI=1S/C28H30ClN3O.ClH/c1-2-3-9-21-25(20-11-6-7-12-23(20)29)24-19-10-5-4-8-18(19)17-22(24)27(26(21)28(30)33)32-15-13-31-14-16-32;/h4-8,10-12,31H,2-3,9,13-17H2,1H3,(H2,30,33);1H. The summed E-state index contributed by atoms with van der Waals surface area (Å²) in [6, 6.07) is 16.6. The molecule has 1 amide bonds. The van der Waals surface area contributed by atoms with Gasteiger partial charge < -0.3 is 16.0 Å². The second kappa shape index (κ2) is 10.4. The van der Waals surface area contributed by atoms with E-state index in [2.05, 4.69) is 47.5 Å². The smallest absolute Gasteiger partial charge is 0.251 e. The average Bonchev–Trinajstić information content (AvgIpc) is 3.21. The van der Waals surface area contributed by atoms with Crippen LogP contribution in [0, 0.1) is 0 Å². The number of fused-ring (bicyclic) bond motifs is 3. The molecule has 0 radical (unpaired) electrons. The van der Waals surface area contributed by atoms with Crippen LogP contribution < -0.4 is 16.0 Å². The Kier molecular flexibility index (Phi) is 7.51. The molecule has 34 heavy (non-hydrogen) atoms. The molecule has 0 aromatic heterocycles. The zero-order chi connectivity index (χ0) is 22.9. The Bertz CT molecular complexity index is 1220. The maximum absolute atomic E-state index is 13.1. The maximum atomic E-state index is 13.1. The predicted octanol–water partition coefficient (Wildman–Crippen LogP) is 5.85. The van der Waals surface area contributed by atoms with Crippen molar-refractivity contribution in [3.8, 4) is 22.3 Å². The highest BCUT2D eigenvalue weighted by Gasteiger charge is 2.34. The molecule has 3 aromatic carbocycles. The maximum Gasteiger partial charge on any atom is 0.251 e. The number of nitrogens with zero attached hydrogens (tertiary/aromatic N) is 1. The van der Waals surface area contributed by atoms with Gasteiger partial charge in [0.1, 0.15) is 0 Å². The van der Waals surface area contributed by atoms with E-state index in [-0.39, 0.29) is 18.3 Å². The van der Waals surface area contributed by atoms with Gasteiger partial charge in [0.25, 0.3) is 5.91 Å². The Hall–Kier alpha value is -2.53. The van der Waals surface area contributed by atoms with Crippen molar-refractivity contribution in [3.05, 3.63) is 75.8 Å². The molecular weight excluding hydrogens is 465 g/mol. The lowest BCUT2D eigenvalue weighted by Gasteiger charge is -2.34. The number of benzene rings is 3. The van der Waals surface area contributed by atoms with Gasteiger partial charge in [0.2, 0.25) is 0 Å². The van der Waals surface area contributed by atoms with Crippen molar-refractivity contribution in [2.75, 3.05) is 31.1 Å². The van der Waals surface area contributed by atoms with E-state index in [0.29, 0.717) is 10.6 Å². The fourth-order valence-electron chi connectivity index (χ4n) is 5.48. The van der Waals surface area contributed by atoms with Crippen molar-refractivity contribution in [2.45, 2.75) is 32.6 Å². The van der Waals surface area contributed by atoms with Crippen molar-refractivity contribution in [3.63, 3.8) is 0 Å². The van der Waals surface area contributed by atoms with Crippen LogP contribution >= 0.6 is 24.0 Å². The highest BCUT2D eigenvalue weighted by molar-refractivity contribution is 6.33. The number of nitrogens with two attached hydrogens (primary N) is 1. The van der Waals surface area contributed by atoms with Crippen molar-refractivity contribution in [2.24, 2.45) is 5.73 Å². The molecule has 5 rings (SSSR count). The predicted molar refractivity (Wildman–Crippen MR) is 145 cm³/mol. The van der Waals surface area contributed by atoms with Gasteiger partial charge in [-0.15, -0.1) is 12.4 Å². The average molecular weight is 496 g/mol. The Balaban J connectivity index is 0.00000274. The van der Waals surface area contributed by atoms with Crippen LogP contribution in [-0.2, 0) is 12.8 Å². The van der Waals surface area contributed by atoms with Crippen LogP contribution in [-0.4, -0.2) is 32.1 Å². The van der Waals surface area contributed by atoms with Crippen molar-refractivity contribution >= 4 is 35.6 Å². The van der Waals surface area contributed by atoms with Crippen molar-refractivity contribution in [1.82, 2.24) is 5.32 Å². The van der Waals surface area contributed by atoms with Crippen LogP contribution in [0.2, 0.25) is 5.02 Å². The quantitative estimate of drug-likeness (QED) is 0.352. The molecule has 0 spiro atoms. The van der Waals surface area contributed by atoms with Crippen LogP contribution in [0.25, 0.3) is 22.3 Å². The largest absolute Gasteiger partial charge is 0.368 e. The topological polar surface area (TPSA) is 58.4 Å². The highest BCUT2D eigenvalue weighted by atomic mass is 35.5. The summed E-state index contributed by atoms with van der Waals surface area (Å²) in [6.45, 7) is 5.70. The lowest BCUT2D eigenvalue weighted by atomic mass is 9.83. The summed E-state index contributed by atoms with van der Waals surface area (Å²) >= 11 is 6.78. The van der Waals surface area contributed by atoms with E-state index in [4.69, 9.17) is 17.3 Å². The molecule has 2 aliphatic rings. The summed E-state index contributed by atoms with van der Waals surface area (Å²) < 4.78 is 0. The first-order valence-electron chi connectivity index (χ1n) is 11.9. The highest BCUT2D eigenvalue weighted by Crippen LogP contribution is 2.52. The summed E-state index contributed by atoms with van der Waals surface area (Å²) in [4.78, 5) is 15.5. The van der Waals surface area contributed by atoms with Crippen molar-refractivity contribution < 1.29 is 4.79 Å². The van der Waals surface area contributed by atoms with Crippen LogP contribution in [0.4, 0.5) is 5.69 Å². The van der Waals surface area contributed by atoms with Gasteiger partial charge in [0, 0.05) is 43.2 Å². The van der Waals surface area contributed by atoms with Gasteiger partial charge in [0.15, 0.2) is 0 Å². The number of rotatable bonds is 6. The van der Waals surface area contributed by atoms with Crippen LogP contribution in [0.3, 0.4) is 0 Å². The fourth-order valence-corrected chi connectivity index (χ4v) is 5.71. The Morgan fingerprint density at radius 2 is 1.71 bits per heavy atom. The van der Waals surface area contributed by atoms with E-state index in [9.17, 15) is 4.79 Å². The fraction of sp³-hybridized carbons (Fsp3) is 0.321. The molecule has 3 aromatic rings. The van der Waals surface area contributed by atoms with E-state index in [1.807, 2.05) is 18.2 Å². The number of anilines is 1. The van der Waals surface area contributed by atoms with Crippen molar-refractivity contribution in [1.29, 1.82) is 0 Å². The molecule has 178 valence electrons. The zero-order valence-corrected chi connectivity index (χ0v) is 21.1. The first-order chi connectivity index (χ1) is 16.1. The number of piperazine rings is 1. The lowest BCUT2D eigenvalue weighted by Crippen LogP contribution is -2.45. The van der Waals surface area contributed by atoms with Gasteiger partial charge in [-0.25, -0.2) is 0 Å². The van der Waals surface area contributed by atoms with Gasteiger partial charge in [0.05, 0.1) is 11.3 Å². The summed E-state index contributed by atoms with van der Waals surface area (Å²) in [5.41, 5.74) is 16.0. The van der Waals surface area contributed by atoms with E-state index in [1.54, 1.807) is 0 Å². The second-order valence-electron chi connectivity index (χ2n) is 8.95. The van der Waals surface area contributed by atoms with Crippen LogP contribution in [0.15, 0.2) is 48.5 Å². The van der Waals surface area contributed by atoms with Gasteiger partial charge in [-0.05, 0) is 52.3 Å². The number of carbonyl (C=O) groups is 1. The first-order valence-corrected chi connectivity index (χ1v) is 12.3. The molecule has 1 fully saturated rings. The molecule has 6 heteroatoms.